The number of nitrogens with one attached hydrogen (secondary N) is 1. The first-order chi connectivity index (χ1) is 13.9. The summed E-state index contributed by atoms with van der Waals surface area (Å²) in [4.78, 5) is 26.9. The fourth-order valence-electron chi connectivity index (χ4n) is 2.97. The van der Waals surface area contributed by atoms with E-state index in [1.165, 1.54) is 10.5 Å². The van der Waals surface area contributed by atoms with Crippen LogP contribution in [0.1, 0.15) is 31.4 Å². The van der Waals surface area contributed by atoms with Crippen molar-refractivity contribution >= 4 is 35.0 Å². The maximum absolute atomic E-state index is 13.0. The van der Waals surface area contributed by atoms with E-state index in [0.29, 0.717) is 27.8 Å². The van der Waals surface area contributed by atoms with Gasteiger partial charge in [0, 0.05) is 23.6 Å². The number of nitrogens with zero attached hydrogens (tertiary/aromatic N) is 1. The van der Waals surface area contributed by atoms with Crippen LogP contribution in [0.5, 0.6) is 5.75 Å². The first-order valence-corrected chi connectivity index (χ1v) is 10.3. The van der Waals surface area contributed by atoms with Crippen molar-refractivity contribution in [1.29, 1.82) is 0 Å². The minimum atomic E-state index is -0.634. The first kappa shape index (κ1) is 23.0. The number of hydrogen-bond donors (Lipinski definition) is 1. The van der Waals surface area contributed by atoms with E-state index in [0.717, 1.165) is 6.42 Å². The van der Waals surface area contributed by atoms with Crippen molar-refractivity contribution in [3.8, 4) is 5.75 Å². The lowest BCUT2D eigenvalue weighted by molar-refractivity contribution is -0.142. The maximum Gasteiger partial charge on any atom is 0.261 e. The zero-order chi connectivity index (χ0) is 21.4. The van der Waals surface area contributed by atoms with Crippen LogP contribution >= 0.6 is 23.2 Å². The lowest BCUT2D eigenvalue weighted by Crippen LogP contribution is -2.49. The van der Waals surface area contributed by atoms with E-state index in [4.69, 9.17) is 27.9 Å². The second-order valence-corrected chi connectivity index (χ2v) is 7.43. The van der Waals surface area contributed by atoms with Crippen LogP contribution < -0.4 is 10.1 Å². The molecule has 0 saturated carbocycles. The molecule has 0 aliphatic carbocycles. The van der Waals surface area contributed by atoms with Crippen LogP contribution in [0.2, 0.25) is 10.0 Å². The lowest BCUT2D eigenvalue weighted by Gasteiger charge is -2.30. The minimum Gasteiger partial charge on any atom is -0.484 e. The highest BCUT2D eigenvalue weighted by Crippen LogP contribution is 2.24. The quantitative estimate of drug-likeness (QED) is 0.629. The molecule has 0 aliphatic heterocycles. The van der Waals surface area contributed by atoms with Gasteiger partial charge >= 0.3 is 0 Å². The Kier molecular flexibility index (Phi) is 8.80. The third kappa shape index (κ3) is 6.38. The van der Waals surface area contributed by atoms with Crippen molar-refractivity contribution < 1.29 is 14.3 Å². The number of ether oxygens (including phenoxy) is 1. The molecule has 0 heterocycles. The molecule has 2 aromatic carbocycles. The number of halogens is 2. The summed E-state index contributed by atoms with van der Waals surface area (Å²) in [5.74, 6) is 0.0669. The third-order valence-electron chi connectivity index (χ3n) is 4.68. The molecule has 0 radical (unpaired) electrons. The third-order valence-corrected chi connectivity index (χ3v) is 5.27. The van der Waals surface area contributed by atoms with Crippen molar-refractivity contribution in [3.63, 3.8) is 0 Å². The van der Waals surface area contributed by atoms with Crippen molar-refractivity contribution in [3.05, 3.63) is 63.6 Å². The SMILES string of the molecule is CCc1ccc(OCC(=O)N(Cc2ccc(Cl)cc2Cl)C(CC)C(=O)NC)cc1. The largest absolute Gasteiger partial charge is 0.484 e. The van der Waals surface area contributed by atoms with Gasteiger partial charge in [0.1, 0.15) is 11.8 Å². The Bertz CT molecular complexity index is 840. The molecule has 1 N–H and O–H groups in total. The summed E-state index contributed by atoms with van der Waals surface area (Å²) in [6, 6.07) is 12.0. The van der Waals surface area contributed by atoms with E-state index in [1.54, 1.807) is 25.2 Å². The van der Waals surface area contributed by atoms with Crippen LogP contribution in [0.3, 0.4) is 0 Å². The number of amides is 2. The molecule has 2 rings (SSSR count). The molecule has 29 heavy (non-hydrogen) atoms. The maximum atomic E-state index is 13.0. The van der Waals surface area contributed by atoms with E-state index < -0.39 is 6.04 Å². The van der Waals surface area contributed by atoms with Gasteiger partial charge in [0.05, 0.1) is 0 Å². The van der Waals surface area contributed by atoms with Crippen LogP contribution in [0.15, 0.2) is 42.5 Å². The molecular weight excluding hydrogens is 411 g/mol. The average molecular weight is 437 g/mol. The summed E-state index contributed by atoms with van der Waals surface area (Å²) in [6.07, 6.45) is 1.39. The van der Waals surface area contributed by atoms with Gasteiger partial charge in [-0.1, -0.05) is 55.2 Å². The molecule has 0 spiro atoms. The van der Waals surface area contributed by atoms with Crippen LogP contribution in [0.4, 0.5) is 0 Å². The number of carbonyl (C=O) groups is 2. The monoisotopic (exact) mass is 436 g/mol. The molecule has 0 bridgehead atoms. The van der Waals surface area contributed by atoms with E-state index in [9.17, 15) is 9.59 Å². The summed E-state index contributed by atoms with van der Waals surface area (Å²) >= 11 is 12.3. The number of benzene rings is 2. The van der Waals surface area contributed by atoms with Crippen LogP contribution in [0.25, 0.3) is 0 Å². The van der Waals surface area contributed by atoms with Crippen LogP contribution in [0, 0.1) is 0 Å². The predicted octanol–water partition coefficient (Wildman–Crippen LogP) is 4.49. The Morgan fingerprint density at radius 2 is 1.79 bits per heavy atom. The molecule has 156 valence electrons. The summed E-state index contributed by atoms with van der Waals surface area (Å²) in [7, 11) is 1.55. The summed E-state index contributed by atoms with van der Waals surface area (Å²) in [5, 5.41) is 3.57. The number of aryl methyl sites for hydroxylation is 1. The summed E-state index contributed by atoms with van der Waals surface area (Å²) in [5.41, 5.74) is 1.90. The Morgan fingerprint density at radius 3 is 2.34 bits per heavy atom. The van der Waals surface area contributed by atoms with E-state index in [2.05, 4.69) is 12.2 Å². The van der Waals surface area contributed by atoms with Gasteiger partial charge in [-0.15, -0.1) is 0 Å². The van der Waals surface area contributed by atoms with Gasteiger partial charge in [-0.3, -0.25) is 9.59 Å². The first-order valence-electron chi connectivity index (χ1n) is 9.56. The van der Waals surface area contributed by atoms with Crippen molar-refractivity contribution in [2.75, 3.05) is 13.7 Å². The average Bonchev–Trinajstić information content (AvgIpc) is 2.73. The highest BCUT2D eigenvalue weighted by Gasteiger charge is 2.28. The second-order valence-electron chi connectivity index (χ2n) is 6.58. The normalized spacial score (nSPS) is 11.6. The Morgan fingerprint density at radius 1 is 1.10 bits per heavy atom. The summed E-state index contributed by atoms with van der Waals surface area (Å²) in [6.45, 7) is 3.93. The molecule has 7 heteroatoms. The zero-order valence-corrected chi connectivity index (χ0v) is 18.4. The Balaban J connectivity index is 2.20. The molecule has 0 aliphatic rings. The number of carbonyl (C=O) groups excluding carboxylic acids is 2. The second kappa shape index (κ2) is 11.1. The van der Waals surface area contributed by atoms with Crippen molar-refractivity contribution in [2.45, 2.75) is 39.3 Å². The smallest absolute Gasteiger partial charge is 0.261 e. The van der Waals surface area contributed by atoms with Gasteiger partial charge in [0.15, 0.2) is 6.61 Å². The van der Waals surface area contributed by atoms with Gasteiger partial charge < -0.3 is 15.0 Å². The highest BCUT2D eigenvalue weighted by molar-refractivity contribution is 6.35. The molecule has 0 saturated heterocycles. The van der Waals surface area contributed by atoms with E-state index >= 15 is 0 Å². The van der Waals surface area contributed by atoms with Crippen molar-refractivity contribution in [1.82, 2.24) is 10.2 Å². The fraction of sp³-hybridized carbons (Fsp3) is 0.364. The standard InChI is InChI=1S/C22H26Cl2N2O3/c1-4-15-6-10-18(11-7-15)29-14-21(27)26(20(5-2)22(28)25-3)13-16-8-9-17(23)12-19(16)24/h6-12,20H,4-5,13-14H2,1-3H3,(H,25,28). The van der Waals surface area contributed by atoms with Gasteiger partial charge in [-0.2, -0.15) is 0 Å². The van der Waals surface area contributed by atoms with Gasteiger partial charge in [0.2, 0.25) is 5.91 Å². The molecule has 1 unspecified atom stereocenters. The van der Waals surface area contributed by atoms with E-state index in [-0.39, 0.29) is 25.0 Å². The summed E-state index contributed by atoms with van der Waals surface area (Å²) < 4.78 is 5.67. The Labute approximate surface area is 181 Å². The number of rotatable bonds is 9. The molecule has 0 aromatic heterocycles. The number of hydrogen-bond acceptors (Lipinski definition) is 3. The molecule has 5 nitrogen and oxygen atoms in total. The van der Waals surface area contributed by atoms with Crippen molar-refractivity contribution in [2.24, 2.45) is 0 Å². The fourth-order valence-corrected chi connectivity index (χ4v) is 3.44. The zero-order valence-electron chi connectivity index (χ0n) is 16.9. The topological polar surface area (TPSA) is 58.6 Å². The molecule has 2 amide bonds. The molecule has 0 fully saturated rings. The Hall–Kier alpha value is -2.24. The van der Waals surface area contributed by atoms with E-state index in [1.807, 2.05) is 31.2 Å². The minimum absolute atomic E-state index is 0.176. The molecule has 2 aromatic rings. The van der Waals surface area contributed by atoms with Crippen LogP contribution in [-0.2, 0) is 22.6 Å². The highest BCUT2D eigenvalue weighted by atomic mass is 35.5. The van der Waals surface area contributed by atoms with Crippen LogP contribution in [-0.4, -0.2) is 36.4 Å². The number of likely N-dealkylation sites (N-methyl/N-ethyl adjacent to an activating group) is 1. The molecule has 1 atom stereocenters. The molecular formula is C22H26Cl2N2O3. The predicted molar refractivity (Wildman–Crippen MR) is 116 cm³/mol. The lowest BCUT2D eigenvalue weighted by atomic mass is 10.1. The van der Waals surface area contributed by atoms with Gasteiger partial charge in [-0.05, 0) is 48.2 Å². The van der Waals surface area contributed by atoms with Gasteiger partial charge in [0.25, 0.3) is 5.91 Å². The van der Waals surface area contributed by atoms with Gasteiger partial charge in [-0.25, -0.2) is 0 Å².